The molecule has 0 saturated heterocycles. The van der Waals surface area contributed by atoms with Crippen LogP contribution in [-0.4, -0.2) is 15.8 Å². The zero-order valence-corrected chi connectivity index (χ0v) is 64.1. The predicted molar refractivity (Wildman–Crippen MR) is 466 cm³/mol. The molecule has 6 heteroatoms. The molecule has 2 aromatic heterocycles. The molecule has 1 unspecified atom stereocenters. The van der Waals surface area contributed by atoms with Crippen molar-refractivity contribution in [3.8, 4) is 90.3 Å². The lowest BCUT2D eigenvalue weighted by Gasteiger charge is -2.45. The van der Waals surface area contributed by atoms with E-state index in [1.54, 1.807) is 0 Å². The number of rotatable bonds is 10. The second-order valence-electron chi connectivity index (χ2n) is 33.4. The van der Waals surface area contributed by atoms with Crippen LogP contribution in [0.3, 0.4) is 0 Å². The van der Waals surface area contributed by atoms with Crippen LogP contribution in [0.15, 0.2) is 328 Å². The number of nitriles is 2. The molecule has 530 valence electrons. The summed E-state index contributed by atoms with van der Waals surface area (Å²) in [4.78, 5) is 2.68. The number of benzene rings is 15. The van der Waals surface area contributed by atoms with Gasteiger partial charge in [-0.25, -0.2) is 0 Å². The van der Waals surface area contributed by atoms with Crippen LogP contribution in [0.25, 0.3) is 122 Å². The van der Waals surface area contributed by atoms with Gasteiger partial charge in [-0.05, 0) is 219 Å². The van der Waals surface area contributed by atoms with Gasteiger partial charge in [-0.1, -0.05) is 292 Å². The fourth-order valence-corrected chi connectivity index (χ4v) is 18.0. The number of nitrogens with zero attached hydrogens (tertiary/aromatic N) is 5. The summed E-state index contributed by atoms with van der Waals surface area (Å²) >= 11 is 0. The van der Waals surface area contributed by atoms with Crippen LogP contribution in [0.2, 0.25) is 0 Å². The third-order valence-electron chi connectivity index (χ3n) is 23.5. The van der Waals surface area contributed by atoms with Crippen molar-refractivity contribution in [1.82, 2.24) is 9.13 Å². The minimum atomic E-state index is -0.442. The molecule has 4 heterocycles. The lowest BCUT2D eigenvalue weighted by molar-refractivity contribution is 0.588. The molecule has 5 nitrogen and oxygen atoms in total. The molecular formula is C105H82BN5. The molecule has 0 fully saturated rings. The van der Waals surface area contributed by atoms with Gasteiger partial charge in [0, 0.05) is 61.3 Å². The number of hydrogen-bond donors (Lipinski definition) is 0. The predicted octanol–water partition coefficient (Wildman–Crippen LogP) is 25.3. The number of fused-ring (bicyclic) bond motifs is 10. The lowest BCUT2D eigenvalue weighted by atomic mass is 9.31. The van der Waals surface area contributed by atoms with E-state index in [0.29, 0.717) is 11.1 Å². The van der Waals surface area contributed by atoms with Crippen molar-refractivity contribution >= 4 is 83.8 Å². The van der Waals surface area contributed by atoms with Gasteiger partial charge in [0.25, 0.3) is 0 Å². The smallest absolute Gasteiger partial charge is 0.247 e. The summed E-state index contributed by atoms with van der Waals surface area (Å²) in [6.07, 6.45) is 0. The van der Waals surface area contributed by atoms with Crippen LogP contribution in [0.4, 0.5) is 17.1 Å². The molecule has 0 aliphatic carbocycles. The summed E-state index contributed by atoms with van der Waals surface area (Å²) in [5.74, 6) is -0.442. The van der Waals surface area contributed by atoms with Crippen LogP contribution in [0.1, 0.15) is 113 Å². The van der Waals surface area contributed by atoms with Crippen molar-refractivity contribution < 1.29 is 0 Å². The molecule has 0 spiro atoms. The maximum atomic E-state index is 11.0. The van der Waals surface area contributed by atoms with Crippen LogP contribution in [0.5, 0.6) is 0 Å². The van der Waals surface area contributed by atoms with Gasteiger partial charge >= 0.3 is 0 Å². The van der Waals surface area contributed by atoms with Crippen molar-refractivity contribution in [1.29, 1.82) is 10.5 Å². The van der Waals surface area contributed by atoms with Crippen molar-refractivity contribution in [3.63, 3.8) is 0 Å². The minimum Gasteiger partial charge on any atom is -0.310 e. The van der Waals surface area contributed by atoms with Gasteiger partial charge in [0.15, 0.2) is 0 Å². The Bertz CT molecular complexity index is 6250. The van der Waals surface area contributed by atoms with E-state index >= 15 is 0 Å². The van der Waals surface area contributed by atoms with E-state index in [1.807, 2.05) is 12.1 Å². The Balaban J connectivity index is 1.01. The number of para-hydroxylation sites is 4. The fourth-order valence-electron chi connectivity index (χ4n) is 18.0. The molecule has 19 rings (SSSR count). The quantitative estimate of drug-likeness (QED) is 0.128. The van der Waals surface area contributed by atoms with E-state index in [1.165, 1.54) is 65.8 Å². The molecule has 15 aromatic carbocycles. The van der Waals surface area contributed by atoms with Gasteiger partial charge < -0.3 is 14.0 Å². The van der Waals surface area contributed by atoms with Crippen LogP contribution in [0, 0.1) is 22.7 Å². The molecule has 2 aliphatic rings. The highest BCUT2D eigenvalue weighted by Crippen LogP contribution is 2.55. The molecule has 0 bridgehead atoms. The summed E-state index contributed by atoms with van der Waals surface area (Å²) in [5.41, 5.74) is 33.6. The van der Waals surface area contributed by atoms with Gasteiger partial charge in [-0.15, -0.1) is 0 Å². The number of anilines is 3. The van der Waals surface area contributed by atoms with Gasteiger partial charge in [-0.3, -0.25) is 0 Å². The average Bonchev–Trinajstić information content (AvgIpc) is 0.959. The highest BCUT2D eigenvalue weighted by Gasteiger charge is 2.47. The minimum absolute atomic E-state index is 0.301. The molecule has 111 heavy (non-hydrogen) atoms. The second kappa shape index (κ2) is 26.3. The monoisotopic (exact) mass is 1420 g/mol. The van der Waals surface area contributed by atoms with E-state index in [4.69, 9.17) is 0 Å². The molecule has 1 atom stereocenters. The largest absolute Gasteiger partial charge is 0.310 e. The van der Waals surface area contributed by atoms with E-state index in [9.17, 15) is 10.5 Å². The zero-order valence-electron chi connectivity index (χ0n) is 64.1. The van der Waals surface area contributed by atoms with E-state index in [2.05, 4.69) is 404 Å². The summed E-state index contributed by atoms with van der Waals surface area (Å²) in [6, 6.07) is 127. The van der Waals surface area contributed by atoms with Gasteiger partial charge in [-0.2, -0.15) is 10.5 Å². The summed E-state index contributed by atoms with van der Waals surface area (Å²) < 4.78 is 4.97. The first-order valence-electron chi connectivity index (χ1n) is 38.8. The van der Waals surface area contributed by atoms with E-state index < -0.39 is 11.3 Å². The van der Waals surface area contributed by atoms with Crippen LogP contribution in [-0.2, 0) is 16.2 Å². The van der Waals surface area contributed by atoms with Gasteiger partial charge in [0.2, 0.25) is 6.71 Å². The standard InChI is InChI=1S/C105H82BN5/c1-103(2,3)76-56-85(72-36-24-28-66(52-72)64-107)99(86(57-76)74-38-26-34-70(54-74)68-30-12-10-13-31-68)100-89-62-79(109-93-44-20-16-40-81(93)82-41-17-21-45-94(82)109)48-50-91(89)106-92-51-49-80(110-95-46-22-18-42-83(95)84-43-19-23-47-96(84)110)63-97(92)111(98-61-78(105(7,8)9)60-90(100)101(98)106)102-87(73-37-25-29-67(53-73)65-108)58-77(104(4,5)6)59-88(102)75-39-27-35-71(55-75)69-32-14-11-15-33-69/h10-63,100H,1-9H3. The third kappa shape index (κ3) is 11.5. The van der Waals surface area contributed by atoms with Crippen molar-refractivity contribution in [3.05, 3.63) is 372 Å². The Kier molecular flexibility index (Phi) is 16.2. The normalized spacial score (nSPS) is 13.3. The van der Waals surface area contributed by atoms with E-state index in [0.717, 1.165) is 123 Å². The van der Waals surface area contributed by atoms with Crippen LogP contribution < -0.4 is 21.3 Å². The Labute approximate surface area is 651 Å². The highest BCUT2D eigenvalue weighted by atomic mass is 15.2. The van der Waals surface area contributed by atoms with Gasteiger partial charge in [0.1, 0.15) is 0 Å². The molecule has 0 amide bonds. The molecular weight excluding hydrogens is 1340 g/mol. The maximum absolute atomic E-state index is 11.0. The SMILES string of the molecule is CC(C)(C)c1cc(-c2cccc(C#N)c2)c(C2c3cc(-n4c5ccccc5c5ccccc54)ccc3B3c4ccc(-n5c6ccccc6c6ccccc65)cc4N(c4c(-c5cccc(C#N)c5)cc(C(C)(C)C)cc4-c4cccc(-c5ccccc5)c4)c4cc(C(C)(C)C)cc2c43)c(-c2cccc(-c3ccccc3)c2)c1. The molecule has 17 aromatic rings. The molecule has 0 N–H and O–H groups in total. The molecule has 0 saturated carbocycles. The molecule has 2 aliphatic heterocycles. The topological polar surface area (TPSA) is 60.7 Å². The fraction of sp³-hybridized carbons (Fsp3) is 0.124. The Morgan fingerprint density at radius 2 is 0.667 bits per heavy atom. The van der Waals surface area contributed by atoms with Crippen molar-refractivity contribution in [2.45, 2.75) is 84.5 Å². The van der Waals surface area contributed by atoms with Gasteiger partial charge in [0.05, 0.1) is 51.0 Å². The van der Waals surface area contributed by atoms with Crippen LogP contribution >= 0.6 is 0 Å². The second-order valence-corrected chi connectivity index (χ2v) is 33.4. The average molecular weight is 1420 g/mol. The van der Waals surface area contributed by atoms with E-state index in [-0.39, 0.29) is 17.5 Å². The molecule has 0 radical (unpaired) electrons. The zero-order chi connectivity index (χ0) is 75.8. The number of aromatic nitrogens is 2. The first kappa shape index (κ1) is 68.3. The summed E-state index contributed by atoms with van der Waals surface area (Å²) in [6.45, 7) is 20.8. The summed E-state index contributed by atoms with van der Waals surface area (Å²) in [7, 11) is 0. The highest BCUT2D eigenvalue weighted by molar-refractivity contribution is 6.99. The third-order valence-corrected chi connectivity index (χ3v) is 23.5. The Hall–Kier alpha value is -13.3. The number of hydrogen-bond acceptors (Lipinski definition) is 3. The first-order chi connectivity index (χ1) is 53.9. The maximum Gasteiger partial charge on any atom is 0.247 e. The lowest BCUT2D eigenvalue weighted by Crippen LogP contribution is -2.62. The Morgan fingerprint density at radius 1 is 0.297 bits per heavy atom. The summed E-state index contributed by atoms with van der Waals surface area (Å²) in [5, 5.41) is 26.8. The first-order valence-corrected chi connectivity index (χ1v) is 38.8. The van der Waals surface area contributed by atoms with Crippen molar-refractivity contribution in [2.24, 2.45) is 0 Å². The van der Waals surface area contributed by atoms with Crippen molar-refractivity contribution in [2.75, 3.05) is 4.90 Å². The Morgan fingerprint density at radius 3 is 1.13 bits per heavy atom.